The molecule has 0 aliphatic carbocycles. The summed E-state index contributed by atoms with van der Waals surface area (Å²) >= 11 is 0. The van der Waals surface area contributed by atoms with Crippen molar-refractivity contribution in [3.63, 3.8) is 0 Å². The molecule has 1 unspecified atom stereocenters. The van der Waals surface area contributed by atoms with E-state index in [9.17, 15) is 17.6 Å². The van der Waals surface area contributed by atoms with Gasteiger partial charge in [0.05, 0.1) is 10.8 Å². The predicted octanol–water partition coefficient (Wildman–Crippen LogP) is 2.04. The van der Waals surface area contributed by atoms with Crippen LogP contribution >= 0.6 is 0 Å². The van der Waals surface area contributed by atoms with Gasteiger partial charge in [-0.2, -0.15) is 4.31 Å². The number of carbonyl (C=O) groups excluding carboxylic acids is 1. The summed E-state index contributed by atoms with van der Waals surface area (Å²) in [5.74, 6) is 0.604. The molecule has 8 nitrogen and oxygen atoms in total. The van der Waals surface area contributed by atoms with Gasteiger partial charge in [0.1, 0.15) is 19.4 Å². The van der Waals surface area contributed by atoms with Crippen molar-refractivity contribution >= 4 is 15.9 Å². The van der Waals surface area contributed by atoms with Gasteiger partial charge in [0.2, 0.25) is 15.9 Å². The monoisotopic (exact) mass is 513 g/mol. The second kappa shape index (κ2) is 9.17. The Hall–Kier alpha value is -2.95. The zero-order valence-electron chi connectivity index (χ0n) is 19.8. The number of rotatable bonds is 6. The number of alkyl halides is 1. The van der Waals surface area contributed by atoms with Crippen molar-refractivity contribution in [1.29, 1.82) is 0 Å². The molecular formula is C26H28FN3O5S. The SMILES string of the molecule is O=C(C(CN1CC(F)C1)c1ccccc1)N1CC2=C(C1)CN(S(=O)(=O)c1ccc3c(c1)OCCO3)C2. The number of nitrogens with zero attached hydrogens (tertiary/aromatic N) is 3. The summed E-state index contributed by atoms with van der Waals surface area (Å²) in [5, 5.41) is 0. The topological polar surface area (TPSA) is 79.4 Å². The van der Waals surface area contributed by atoms with E-state index in [-0.39, 0.29) is 29.8 Å². The Bertz CT molecular complexity index is 1290. The molecule has 2 aromatic rings. The molecule has 0 spiro atoms. The van der Waals surface area contributed by atoms with Gasteiger partial charge >= 0.3 is 0 Å². The van der Waals surface area contributed by atoms with Crippen molar-refractivity contribution in [2.45, 2.75) is 17.0 Å². The fourth-order valence-electron chi connectivity index (χ4n) is 5.35. The van der Waals surface area contributed by atoms with E-state index in [2.05, 4.69) is 0 Å². The van der Waals surface area contributed by atoms with Crippen molar-refractivity contribution in [2.75, 3.05) is 59.0 Å². The lowest BCUT2D eigenvalue weighted by atomic mass is 9.95. The standard InChI is InChI=1S/C26H28FN3O5S/c27-21-15-28(16-21)17-23(18-4-2-1-3-5-18)26(31)29-11-19-13-30(14-20(19)12-29)36(32,33)22-6-7-24-25(10-22)35-9-8-34-24/h1-7,10,21,23H,8-9,11-17H2. The summed E-state index contributed by atoms with van der Waals surface area (Å²) in [4.78, 5) is 17.5. The van der Waals surface area contributed by atoms with Gasteiger partial charge in [0.15, 0.2) is 11.5 Å². The summed E-state index contributed by atoms with van der Waals surface area (Å²) < 4.78 is 52.6. The van der Waals surface area contributed by atoms with Gasteiger partial charge in [-0.3, -0.25) is 9.69 Å². The highest BCUT2D eigenvalue weighted by Gasteiger charge is 2.40. The molecule has 0 aromatic heterocycles. The van der Waals surface area contributed by atoms with E-state index in [1.165, 1.54) is 10.4 Å². The lowest BCUT2D eigenvalue weighted by molar-refractivity contribution is -0.132. The maximum absolute atomic E-state index is 13.6. The first kappa shape index (κ1) is 23.4. The summed E-state index contributed by atoms with van der Waals surface area (Å²) in [6, 6.07) is 14.3. The number of halogens is 1. The predicted molar refractivity (Wildman–Crippen MR) is 130 cm³/mol. The van der Waals surface area contributed by atoms with Crippen LogP contribution in [0.15, 0.2) is 64.6 Å². The highest BCUT2D eigenvalue weighted by atomic mass is 32.2. The van der Waals surface area contributed by atoms with Gasteiger partial charge in [-0.15, -0.1) is 0 Å². The number of likely N-dealkylation sites (tertiary alicyclic amines) is 1. The van der Waals surface area contributed by atoms with Gasteiger partial charge in [-0.1, -0.05) is 30.3 Å². The molecule has 2 aromatic carbocycles. The zero-order chi connectivity index (χ0) is 24.9. The van der Waals surface area contributed by atoms with Crippen LogP contribution in [0.3, 0.4) is 0 Å². The number of amides is 1. The van der Waals surface area contributed by atoms with Gasteiger partial charge < -0.3 is 14.4 Å². The van der Waals surface area contributed by atoms with E-state index >= 15 is 0 Å². The molecule has 0 bridgehead atoms. The molecule has 6 rings (SSSR count). The number of ether oxygens (including phenoxy) is 2. The number of sulfonamides is 1. The minimum absolute atomic E-state index is 0.000786. The van der Waals surface area contributed by atoms with Crippen LogP contribution in [0.25, 0.3) is 0 Å². The number of hydrogen-bond acceptors (Lipinski definition) is 6. The first-order valence-corrected chi connectivity index (χ1v) is 13.6. The Morgan fingerprint density at radius 2 is 1.61 bits per heavy atom. The number of fused-ring (bicyclic) bond motifs is 1. The molecule has 1 saturated heterocycles. The third kappa shape index (κ3) is 4.27. The largest absolute Gasteiger partial charge is 0.486 e. The zero-order valence-corrected chi connectivity index (χ0v) is 20.6. The van der Waals surface area contributed by atoms with E-state index in [1.807, 2.05) is 40.1 Å². The molecule has 1 fully saturated rings. The van der Waals surface area contributed by atoms with Crippen molar-refractivity contribution in [3.05, 3.63) is 65.2 Å². The van der Waals surface area contributed by atoms with E-state index in [0.717, 1.165) is 16.7 Å². The van der Waals surface area contributed by atoms with Crippen LogP contribution in [0.5, 0.6) is 11.5 Å². The Morgan fingerprint density at radius 3 is 2.28 bits per heavy atom. The van der Waals surface area contributed by atoms with Gasteiger partial charge in [-0.25, -0.2) is 12.8 Å². The van der Waals surface area contributed by atoms with Crippen LogP contribution in [0.4, 0.5) is 4.39 Å². The van der Waals surface area contributed by atoms with Crippen molar-refractivity contribution in [1.82, 2.24) is 14.1 Å². The first-order valence-electron chi connectivity index (χ1n) is 12.2. The average molecular weight is 514 g/mol. The molecule has 4 aliphatic heterocycles. The lowest BCUT2D eigenvalue weighted by Gasteiger charge is -2.37. The maximum Gasteiger partial charge on any atom is 0.243 e. The summed E-state index contributed by atoms with van der Waals surface area (Å²) in [7, 11) is -3.72. The van der Waals surface area contributed by atoms with Crippen molar-refractivity contribution < 1.29 is 27.1 Å². The molecule has 1 amide bonds. The van der Waals surface area contributed by atoms with E-state index in [0.29, 0.717) is 57.4 Å². The van der Waals surface area contributed by atoms with Crippen LogP contribution in [-0.2, 0) is 14.8 Å². The summed E-state index contributed by atoms with van der Waals surface area (Å²) in [6.07, 6.45) is -0.823. The fraction of sp³-hybridized carbons (Fsp3) is 0.423. The minimum atomic E-state index is -3.72. The normalized spacial score (nSPS) is 21.4. The quantitative estimate of drug-likeness (QED) is 0.550. The molecule has 1 atom stereocenters. The highest BCUT2D eigenvalue weighted by molar-refractivity contribution is 7.89. The molecule has 190 valence electrons. The molecule has 4 heterocycles. The van der Waals surface area contributed by atoms with Crippen molar-refractivity contribution in [2.24, 2.45) is 0 Å². The second-order valence-electron chi connectivity index (χ2n) is 9.76. The van der Waals surface area contributed by atoms with Crippen LogP contribution < -0.4 is 9.47 Å². The number of benzene rings is 2. The van der Waals surface area contributed by atoms with Crippen LogP contribution in [0, 0.1) is 0 Å². The van der Waals surface area contributed by atoms with Crippen LogP contribution in [0.1, 0.15) is 11.5 Å². The molecular weight excluding hydrogens is 485 g/mol. The van der Waals surface area contributed by atoms with E-state index in [1.54, 1.807) is 12.1 Å². The van der Waals surface area contributed by atoms with Gasteiger partial charge in [-0.05, 0) is 28.8 Å². The summed E-state index contributed by atoms with van der Waals surface area (Å²) in [6.45, 7) is 3.38. The minimum Gasteiger partial charge on any atom is -0.486 e. The Balaban J connectivity index is 1.13. The lowest BCUT2D eigenvalue weighted by Crippen LogP contribution is -2.51. The second-order valence-corrected chi connectivity index (χ2v) is 11.7. The van der Waals surface area contributed by atoms with Gasteiger partial charge in [0, 0.05) is 51.9 Å². The van der Waals surface area contributed by atoms with E-state index in [4.69, 9.17) is 9.47 Å². The van der Waals surface area contributed by atoms with Crippen LogP contribution in [0.2, 0.25) is 0 Å². The number of carbonyl (C=O) groups is 1. The molecule has 4 aliphatic rings. The maximum atomic E-state index is 13.6. The molecule has 0 N–H and O–H groups in total. The molecule has 0 saturated carbocycles. The third-order valence-corrected chi connectivity index (χ3v) is 9.10. The Morgan fingerprint density at radius 1 is 0.944 bits per heavy atom. The molecule has 0 radical (unpaired) electrons. The Labute approximate surface area is 209 Å². The smallest absolute Gasteiger partial charge is 0.243 e. The number of hydrogen-bond donors (Lipinski definition) is 0. The average Bonchev–Trinajstić information content (AvgIpc) is 3.46. The first-order chi connectivity index (χ1) is 17.4. The molecule has 10 heteroatoms. The van der Waals surface area contributed by atoms with Crippen molar-refractivity contribution in [3.8, 4) is 11.5 Å². The van der Waals surface area contributed by atoms with E-state index < -0.39 is 16.2 Å². The Kier molecular flexibility index (Phi) is 5.97. The fourth-order valence-corrected chi connectivity index (χ4v) is 6.80. The third-order valence-electron chi connectivity index (χ3n) is 7.31. The highest BCUT2D eigenvalue weighted by Crippen LogP contribution is 2.36. The van der Waals surface area contributed by atoms with Gasteiger partial charge in [0.25, 0.3) is 0 Å². The molecule has 36 heavy (non-hydrogen) atoms. The van der Waals surface area contributed by atoms with Crippen LogP contribution in [-0.4, -0.2) is 93.6 Å². The summed E-state index contributed by atoms with van der Waals surface area (Å²) in [5.41, 5.74) is 2.87.